The van der Waals surface area contributed by atoms with E-state index in [1.54, 1.807) is 18.2 Å². The molecule has 1 aliphatic carbocycles. The van der Waals surface area contributed by atoms with Crippen LogP contribution in [0.2, 0.25) is 0 Å². The summed E-state index contributed by atoms with van der Waals surface area (Å²) in [6, 6.07) is 5.09. The average molecular weight is 417 g/mol. The number of aliphatic hydroxyl groups is 1. The second-order valence-corrected chi connectivity index (χ2v) is 7.82. The van der Waals surface area contributed by atoms with E-state index >= 15 is 0 Å². The molecule has 0 saturated heterocycles. The van der Waals surface area contributed by atoms with Crippen LogP contribution in [0.15, 0.2) is 18.2 Å². The highest BCUT2D eigenvalue weighted by Crippen LogP contribution is 2.31. The molecule has 0 saturated carbocycles. The molecule has 2 N–H and O–H groups in total. The molecule has 6 heteroatoms. The fourth-order valence-electron chi connectivity index (χ4n) is 3.70. The molecule has 0 aliphatic heterocycles. The molecule has 1 aliphatic rings. The van der Waals surface area contributed by atoms with Gasteiger partial charge in [-0.1, -0.05) is 18.9 Å². The number of esters is 1. The smallest absolute Gasteiger partial charge is 0.302 e. The number of ether oxygens (including phenoxy) is 2. The molecule has 0 radical (unpaired) electrons. The van der Waals surface area contributed by atoms with Crippen molar-refractivity contribution in [1.29, 1.82) is 0 Å². The molecule has 0 aromatic heterocycles. The van der Waals surface area contributed by atoms with Crippen molar-refractivity contribution >= 4 is 12.3 Å². The zero-order valence-corrected chi connectivity index (χ0v) is 17.8. The van der Waals surface area contributed by atoms with Gasteiger partial charge in [0.25, 0.3) is 0 Å². The predicted molar refractivity (Wildman–Crippen MR) is 113 cm³/mol. The number of rotatable bonds is 8. The molecule has 1 aromatic rings. The summed E-state index contributed by atoms with van der Waals surface area (Å²) in [5.74, 6) is 6.68. The molecule has 0 heterocycles. The van der Waals surface area contributed by atoms with Gasteiger partial charge in [-0.15, -0.1) is 5.92 Å². The summed E-state index contributed by atoms with van der Waals surface area (Å²) in [4.78, 5) is 22.2. The van der Waals surface area contributed by atoms with Crippen LogP contribution in [0, 0.1) is 23.7 Å². The van der Waals surface area contributed by atoms with Crippen LogP contribution in [-0.2, 0) is 20.7 Å². The number of phenolic OH excluding ortho intramolecular Hbond substituents is 1. The molecule has 6 nitrogen and oxygen atoms in total. The third-order valence-corrected chi connectivity index (χ3v) is 5.37. The monoisotopic (exact) mass is 416 g/mol. The van der Waals surface area contributed by atoms with Crippen LogP contribution in [0.25, 0.3) is 0 Å². The van der Waals surface area contributed by atoms with Gasteiger partial charge in [-0.2, -0.15) is 0 Å². The third kappa shape index (κ3) is 7.72. The lowest BCUT2D eigenvalue weighted by molar-refractivity contribution is -0.150. The van der Waals surface area contributed by atoms with Crippen molar-refractivity contribution in [1.82, 2.24) is 0 Å². The minimum absolute atomic E-state index is 0.00754. The molecule has 1 aromatic carbocycles. The zero-order chi connectivity index (χ0) is 21.9. The molecule has 0 bridgehead atoms. The highest BCUT2D eigenvalue weighted by Gasteiger charge is 2.28. The standard InChI is InChI=1S/C24H32O6/c1-3-18-6-4-7-20(23(30-17(2)26)16-21(27)10-8-18)14-19-9-11-22(28)24(15-19)29-13-5-12-25/h9,11-12,15,18,20-21,23,27-28H,3,5,7-8,10,13-14,16H2,1-2H3. The van der Waals surface area contributed by atoms with Gasteiger partial charge in [0, 0.05) is 38.0 Å². The number of aldehydes is 1. The zero-order valence-electron chi connectivity index (χ0n) is 17.8. The molecule has 30 heavy (non-hydrogen) atoms. The van der Waals surface area contributed by atoms with Gasteiger partial charge < -0.3 is 24.5 Å². The third-order valence-electron chi connectivity index (χ3n) is 5.37. The van der Waals surface area contributed by atoms with Gasteiger partial charge in [-0.3, -0.25) is 4.79 Å². The number of carbonyl (C=O) groups is 2. The van der Waals surface area contributed by atoms with Crippen molar-refractivity contribution in [3.05, 3.63) is 23.8 Å². The molecule has 0 spiro atoms. The Bertz CT molecular complexity index is 763. The number of hydrogen-bond donors (Lipinski definition) is 2. The van der Waals surface area contributed by atoms with E-state index in [4.69, 9.17) is 9.47 Å². The van der Waals surface area contributed by atoms with Crippen molar-refractivity contribution in [2.24, 2.45) is 11.8 Å². The molecular formula is C24H32O6. The summed E-state index contributed by atoms with van der Waals surface area (Å²) < 4.78 is 11.1. The minimum Gasteiger partial charge on any atom is -0.504 e. The predicted octanol–water partition coefficient (Wildman–Crippen LogP) is 3.41. The maximum atomic E-state index is 11.7. The largest absolute Gasteiger partial charge is 0.504 e. The van der Waals surface area contributed by atoms with Gasteiger partial charge in [-0.05, 0) is 43.4 Å². The molecular weight excluding hydrogens is 384 g/mol. The lowest BCUT2D eigenvalue weighted by atomic mass is 9.85. The number of phenols is 1. The number of hydrogen-bond acceptors (Lipinski definition) is 6. The minimum atomic E-state index is -0.548. The summed E-state index contributed by atoms with van der Waals surface area (Å²) >= 11 is 0. The van der Waals surface area contributed by atoms with Crippen molar-refractivity contribution in [2.75, 3.05) is 6.61 Å². The summed E-state index contributed by atoms with van der Waals surface area (Å²) in [5, 5.41) is 20.5. The quantitative estimate of drug-likeness (QED) is 0.292. The first kappa shape index (κ1) is 23.8. The van der Waals surface area contributed by atoms with Crippen LogP contribution >= 0.6 is 0 Å². The fraction of sp³-hybridized carbons (Fsp3) is 0.583. The van der Waals surface area contributed by atoms with Gasteiger partial charge in [-0.25, -0.2) is 0 Å². The number of aliphatic hydroxyl groups excluding tert-OH is 1. The van der Waals surface area contributed by atoms with Crippen LogP contribution in [-0.4, -0.2) is 41.3 Å². The summed E-state index contributed by atoms with van der Waals surface area (Å²) in [7, 11) is 0. The summed E-state index contributed by atoms with van der Waals surface area (Å²) in [5.41, 5.74) is 0.899. The first-order valence-corrected chi connectivity index (χ1v) is 10.6. The highest BCUT2D eigenvalue weighted by atomic mass is 16.5. The van der Waals surface area contributed by atoms with E-state index in [9.17, 15) is 19.8 Å². The van der Waals surface area contributed by atoms with Gasteiger partial charge in [0.05, 0.1) is 12.7 Å². The number of aromatic hydroxyl groups is 1. The normalized spacial score (nSPS) is 24.2. The van der Waals surface area contributed by atoms with Crippen molar-refractivity contribution in [3.8, 4) is 23.3 Å². The highest BCUT2D eigenvalue weighted by molar-refractivity contribution is 5.66. The van der Waals surface area contributed by atoms with Crippen LogP contribution in [0.4, 0.5) is 0 Å². The van der Waals surface area contributed by atoms with E-state index in [1.807, 2.05) is 0 Å². The summed E-state index contributed by atoms with van der Waals surface area (Å²) in [6.07, 6.45) is 3.90. The molecule has 2 rings (SSSR count). The van der Waals surface area contributed by atoms with Gasteiger partial charge >= 0.3 is 5.97 Å². The Balaban J connectivity index is 2.25. The Kier molecular flexibility index (Phi) is 9.69. The Hall–Kier alpha value is -2.52. The average Bonchev–Trinajstić information content (AvgIpc) is 2.70. The lowest BCUT2D eigenvalue weighted by Gasteiger charge is -2.28. The van der Waals surface area contributed by atoms with Crippen LogP contribution in [0.5, 0.6) is 11.5 Å². The topological polar surface area (TPSA) is 93.1 Å². The van der Waals surface area contributed by atoms with Crippen molar-refractivity contribution < 1.29 is 29.3 Å². The second kappa shape index (κ2) is 12.2. The molecule has 0 amide bonds. The lowest BCUT2D eigenvalue weighted by Crippen LogP contribution is -2.32. The van der Waals surface area contributed by atoms with Crippen LogP contribution in [0.1, 0.15) is 57.9 Å². The van der Waals surface area contributed by atoms with E-state index in [2.05, 4.69) is 18.8 Å². The molecule has 164 valence electrons. The Morgan fingerprint density at radius 3 is 2.83 bits per heavy atom. The summed E-state index contributed by atoms with van der Waals surface area (Å²) in [6.45, 7) is 3.66. The van der Waals surface area contributed by atoms with Crippen molar-refractivity contribution in [3.63, 3.8) is 0 Å². The van der Waals surface area contributed by atoms with E-state index in [1.165, 1.54) is 6.92 Å². The number of carbonyl (C=O) groups excluding carboxylic acids is 2. The van der Waals surface area contributed by atoms with Gasteiger partial charge in [0.1, 0.15) is 12.4 Å². The van der Waals surface area contributed by atoms with E-state index in [-0.39, 0.29) is 36.6 Å². The van der Waals surface area contributed by atoms with Crippen molar-refractivity contribution in [2.45, 2.75) is 71.0 Å². The number of benzene rings is 1. The molecule has 4 unspecified atom stereocenters. The Morgan fingerprint density at radius 1 is 1.33 bits per heavy atom. The maximum absolute atomic E-state index is 11.7. The maximum Gasteiger partial charge on any atom is 0.302 e. The van der Waals surface area contributed by atoms with E-state index in [0.29, 0.717) is 31.4 Å². The molecule has 4 atom stereocenters. The van der Waals surface area contributed by atoms with Crippen LogP contribution in [0.3, 0.4) is 0 Å². The van der Waals surface area contributed by atoms with E-state index < -0.39 is 12.2 Å². The van der Waals surface area contributed by atoms with Gasteiger partial charge in [0.2, 0.25) is 0 Å². The molecule has 0 fully saturated rings. The second-order valence-electron chi connectivity index (χ2n) is 7.82. The van der Waals surface area contributed by atoms with E-state index in [0.717, 1.165) is 24.7 Å². The first-order chi connectivity index (χ1) is 14.4. The SMILES string of the molecule is CCC1C#CCC(Cc2ccc(O)c(OCCC=O)c2)C(OC(C)=O)CC(O)CC1. The first-order valence-electron chi connectivity index (χ1n) is 10.6. The van der Waals surface area contributed by atoms with Gasteiger partial charge in [0.15, 0.2) is 11.5 Å². The Labute approximate surface area is 178 Å². The Morgan fingerprint density at radius 2 is 2.13 bits per heavy atom. The fourth-order valence-corrected chi connectivity index (χ4v) is 3.70. The van der Waals surface area contributed by atoms with Crippen LogP contribution < -0.4 is 4.74 Å².